The van der Waals surface area contributed by atoms with Crippen molar-refractivity contribution in [1.82, 2.24) is 9.97 Å². The first-order valence-corrected chi connectivity index (χ1v) is 10.6. The molecule has 0 aliphatic heterocycles. The Balaban J connectivity index is 1.69. The number of hydrogen-bond donors (Lipinski definition) is 0. The van der Waals surface area contributed by atoms with Crippen LogP contribution in [0.3, 0.4) is 0 Å². The Hall–Kier alpha value is -1.59. The molecular weight excluding hydrogens is 403 g/mol. The van der Waals surface area contributed by atoms with Gasteiger partial charge in [-0.1, -0.05) is 59.1 Å². The van der Waals surface area contributed by atoms with Crippen LogP contribution in [0.4, 0.5) is 0 Å². The van der Waals surface area contributed by atoms with Gasteiger partial charge < -0.3 is 0 Å². The summed E-state index contributed by atoms with van der Waals surface area (Å²) in [4.78, 5) is 9.99. The van der Waals surface area contributed by atoms with Crippen LogP contribution in [-0.2, 0) is 5.75 Å². The van der Waals surface area contributed by atoms with E-state index in [4.69, 9.17) is 23.2 Å². The molecule has 2 aromatic heterocycles. The number of aryl methyl sites for hydroxylation is 1. The Bertz CT molecular complexity index is 1080. The number of thioether (sulfide) groups is 1. The Morgan fingerprint density at radius 3 is 2.58 bits per heavy atom. The van der Waals surface area contributed by atoms with Gasteiger partial charge in [-0.2, -0.15) is 0 Å². The van der Waals surface area contributed by atoms with Gasteiger partial charge in [0.1, 0.15) is 16.2 Å². The molecule has 26 heavy (non-hydrogen) atoms. The van der Waals surface area contributed by atoms with Crippen molar-refractivity contribution in [1.29, 1.82) is 0 Å². The molecule has 4 aromatic rings. The van der Waals surface area contributed by atoms with Gasteiger partial charge in [0.2, 0.25) is 0 Å². The third kappa shape index (κ3) is 3.60. The van der Waals surface area contributed by atoms with Crippen LogP contribution in [0.2, 0.25) is 10.0 Å². The fraction of sp³-hybridized carbons (Fsp3) is 0.100. The Kier molecular flexibility index (Phi) is 5.18. The number of nitrogens with zero attached hydrogens (tertiary/aromatic N) is 2. The van der Waals surface area contributed by atoms with Crippen molar-refractivity contribution >= 4 is 56.5 Å². The lowest BCUT2D eigenvalue weighted by Gasteiger charge is -2.06. The normalized spacial score (nSPS) is 11.2. The van der Waals surface area contributed by atoms with Crippen molar-refractivity contribution in [3.63, 3.8) is 0 Å². The second kappa shape index (κ2) is 7.57. The van der Waals surface area contributed by atoms with E-state index in [9.17, 15) is 0 Å². The van der Waals surface area contributed by atoms with Crippen LogP contribution in [0.1, 0.15) is 11.1 Å². The van der Waals surface area contributed by atoms with Gasteiger partial charge in [-0.3, -0.25) is 0 Å². The zero-order valence-corrected chi connectivity index (χ0v) is 17.0. The third-order valence-corrected chi connectivity index (χ3v) is 6.74. The Morgan fingerprint density at radius 1 is 1.00 bits per heavy atom. The van der Waals surface area contributed by atoms with Crippen LogP contribution in [0, 0.1) is 6.92 Å². The van der Waals surface area contributed by atoms with Crippen LogP contribution in [0.5, 0.6) is 0 Å². The Labute approximate surface area is 170 Å². The van der Waals surface area contributed by atoms with Crippen LogP contribution in [0.25, 0.3) is 21.3 Å². The van der Waals surface area contributed by atoms with Crippen molar-refractivity contribution in [3.8, 4) is 11.1 Å². The lowest BCUT2D eigenvalue weighted by atomic mass is 10.1. The first kappa shape index (κ1) is 17.8. The lowest BCUT2D eigenvalue weighted by molar-refractivity contribution is 1.11. The standard InChI is InChI=1S/C20H14Cl2N2S2/c1-12-2-5-14(6-3-12)15-10-26-20-18(15)19(23-11-24-20)25-9-13-4-7-16(21)17(22)8-13/h2-8,10-11H,9H2,1H3. The van der Waals surface area contributed by atoms with E-state index >= 15 is 0 Å². The summed E-state index contributed by atoms with van der Waals surface area (Å²) < 4.78 is 0. The van der Waals surface area contributed by atoms with Gasteiger partial charge in [0.15, 0.2) is 0 Å². The highest BCUT2D eigenvalue weighted by molar-refractivity contribution is 7.98. The van der Waals surface area contributed by atoms with Crippen LogP contribution >= 0.6 is 46.3 Å². The molecule has 2 nitrogen and oxygen atoms in total. The molecule has 0 saturated carbocycles. The fourth-order valence-electron chi connectivity index (χ4n) is 2.68. The van der Waals surface area contributed by atoms with Crippen molar-refractivity contribution in [2.24, 2.45) is 0 Å². The highest BCUT2D eigenvalue weighted by Gasteiger charge is 2.14. The Morgan fingerprint density at radius 2 is 1.81 bits per heavy atom. The van der Waals surface area contributed by atoms with Gasteiger partial charge in [-0.15, -0.1) is 23.1 Å². The van der Waals surface area contributed by atoms with E-state index in [0.717, 1.165) is 26.6 Å². The van der Waals surface area contributed by atoms with Crippen molar-refractivity contribution in [2.45, 2.75) is 17.7 Å². The van der Waals surface area contributed by atoms with Crippen LogP contribution < -0.4 is 0 Å². The highest BCUT2D eigenvalue weighted by atomic mass is 35.5. The smallest absolute Gasteiger partial charge is 0.128 e. The van der Waals surface area contributed by atoms with E-state index in [-0.39, 0.29) is 0 Å². The molecule has 2 aromatic carbocycles. The quantitative estimate of drug-likeness (QED) is 0.258. The molecule has 0 fully saturated rings. The van der Waals surface area contributed by atoms with Crippen LogP contribution in [-0.4, -0.2) is 9.97 Å². The van der Waals surface area contributed by atoms with E-state index in [1.165, 1.54) is 16.7 Å². The third-order valence-electron chi connectivity index (χ3n) is 4.06. The molecule has 0 unspecified atom stereocenters. The molecule has 0 radical (unpaired) electrons. The minimum atomic E-state index is 0.573. The zero-order chi connectivity index (χ0) is 18.1. The average Bonchev–Trinajstić information content (AvgIpc) is 3.08. The molecule has 0 saturated heterocycles. The van der Waals surface area contributed by atoms with Gasteiger partial charge >= 0.3 is 0 Å². The molecule has 0 spiro atoms. The van der Waals surface area contributed by atoms with Gasteiger partial charge in [0.05, 0.1) is 15.4 Å². The maximum atomic E-state index is 6.13. The van der Waals surface area contributed by atoms with E-state index in [0.29, 0.717) is 10.0 Å². The van der Waals surface area contributed by atoms with Gasteiger partial charge in [0, 0.05) is 16.7 Å². The number of halogens is 2. The molecule has 6 heteroatoms. The first-order chi connectivity index (χ1) is 12.6. The number of benzene rings is 2. The maximum Gasteiger partial charge on any atom is 0.128 e. The second-order valence-corrected chi connectivity index (χ2v) is 8.55. The maximum absolute atomic E-state index is 6.13. The van der Waals surface area contributed by atoms with E-state index in [1.54, 1.807) is 29.4 Å². The van der Waals surface area contributed by atoms with E-state index < -0.39 is 0 Å². The molecule has 0 amide bonds. The second-order valence-electron chi connectivity index (χ2n) is 5.91. The van der Waals surface area contributed by atoms with Gasteiger partial charge in [-0.05, 0) is 30.2 Å². The predicted octanol–water partition coefficient (Wildman–Crippen LogP) is 7.27. The zero-order valence-electron chi connectivity index (χ0n) is 13.9. The number of thiophene rings is 1. The van der Waals surface area contributed by atoms with Crippen molar-refractivity contribution in [2.75, 3.05) is 0 Å². The predicted molar refractivity (Wildman–Crippen MR) is 114 cm³/mol. The topological polar surface area (TPSA) is 25.8 Å². The summed E-state index contributed by atoms with van der Waals surface area (Å²) >= 11 is 15.5. The van der Waals surface area contributed by atoms with Gasteiger partial charge in [-0.25, -0.2) is 9.97 Å². The minimum Gasteiger partial charge on any atom is -0.229 e. The lowest BCUT2D eigenvalue weighted by Crippen LogP contribution is -1.88. The average molecular weight is 417 g/mol. The van der Waals surface area contributed by atoms with Crippen molar-refractivity contribution < 1.29 is 0 Å². The SMILES string of the molecule is Cc1ccc(-c2csc3ncnc(SCc4ccc(Cl)c(Cl)c4)c23)cc1. The number of aromatic nitrogens is 2. The molecule has 130 valence electrons. The molecular formula is C20H14Cl2N2S2. The minimum absolute atomic E-state index is 0.573. The molecule has 4 rings (SSSR count). The summed E-state index contributed by atoms with van der Waals surface area (Å²) in [5.74, 6) is 0.770. The van der Waals surface area contributed by atoms with E-state index in [2.05, 4.69) is 46.5 Å². The van der Waals surface area contributed by atoms with Crippen LogP contribution in [0.15, 0.2) is 59.2 Å². The summed E-state index contributed by atoms with van der Waals surface area (Å²) in [6.45, 7) is 2.09. The summed E-state index contributed by atoms with van der Waals surface area (Å²) in [7, 11) is 0. The summed E-state index contributed by atoms with van der Waals surface area (Å²) in [5, 5.41) is 5.41. The monoisotopic (exact) mass is 416 g/mol. The van der Waals surface area contributed by atoms with Gasteiger partial charge in [0.25, 0.3) is 0 Å². The fourth-order valence-corrected chi connectivity index (χ4v) is 4.94. The highest BCUT2D eigenvalue weighted by Crippen LogP contribution is 2.39. The summed E-state index contributed by atoms with van der Waals surface area (Å²) in [6, 6.07) is 14.3. The van der Waals surface area contributed by atoms with Crippen molar-refractivity contribution in [3.05, 3.63) is 75.3 Å². The molecule has 0 atom stereocenters. The molecule has 0 aliphatic carbocycles. The largest absolute Gasteiger partial charge is 0.229 e. The molecule has 0 N–H and O–H groups in total. The summed E-state index contributed by atoms with van der Waals surface area (Å²) in [5.41, 5.74) is 4.73. The molecule has 0 bridgehead atoms. The molecule has 0 aliphatic rings. The number of fused-ring (bicyclic) bond motifs is 1. The first-order valence-electron chi connectivity index (χ1n) is 7.98. The number of rotatable bonds is 4. The van der Waals surface area contributed by atoms with E-state index in [1.807, 2.05) is 18.2 Å². The number of hydrogen-bond acceptors (Lipinski definition) is 4. The molecule has 2 heterocycles. The summed E-state index contributed by atoms with van der Waals surface area (Å²) in [6.07, 6.45) is 1.63.